The van der Waals surface area contributed by atoms with Gasteiger partial charge in [-0.1, -0.05) is 23.5 Å². The van der Waals surface area contributed by atoms with Crippen LogP contribution in [0.25, 0.3) is 10.2 Å². The zero-order chi connectivity index (χ0) is 10.8. The molecule has 0 radical (unpaired) electrons. The van der Waals surface area contributed by atoms with Crippen LogP contribution >= 0.6 is 11.3 Å². The molecule has 0 spiro atoms. The summed E-state index contributed by atoms with van der Waals surface area (Å²) in [5, 5.41) is 0. The number of fused-ring (bicyclic) bond motifs is 1. The lowest BCUT2D eigenvalue weighted by molar-refractivity contribution is -0.654. The number of benzene rings is 1. The number of likely N-dealkylation sites (N-methyl/N-ethyl adjacent to an activating group) is 1. The first-order chi connectivity index (χ1) is 7.18. The van der Waals surface area contributed by atoms with Gasteiger partial charge in [0.1, 0.15) is 4.70 Å². The van der Waals surface area contributed by atoms with Gasteiger partial charge in [-0.15, -0.1) is 0 Å². The van der Waals surface area contributed by atoms with E-state index in [4.69, 9.17) is 0 Å². The molecule has 86 valence electrons. The van der Waals surface area contributed by atoms with E-state index in [0.717, 1.165) is 5.52 Å². The van der Waals surface area contributed by atoms with Gasteiger partial charge in [-0.25, -0.2) is 0 Å². The second-order valence-electron chi connectivity index (χ2n) is 3.61. The fourth-order valence-electron chi connectivity index (χ4n) is 1.38. The van der Waals surface area contributed by atoms with Crippen LogP contribution in [-0.2, 0) is 11.3 Å². The quantitative estimate of drug-likeness (QED) is 0.606. The van der Waals surface area contributed by atoms with Gasteiger partial charge in [0.2, 0.25) is 17.6 Å². The topological polar surface area (TPSA) is 24.2 Å². The van der Waals surface area contributed by atoms with Crippen molar-refractivity contribution in [2.75, 3.05) is 14.1 Å². The third-order valence-corrected chi connectivity index (χ3v) is 3.25. The molecule has 0 saturated carbocycles. The molecule has 2 aromatic rings. The number of nitrogens with zero attached hydrogens (tertiary/aromatic N) is 2. The molecular weight excluding hydrogens is 288 g/mol. The molecule has 1 heterocycles. The maximum absolute atomic E-state index is 11.6. The average Bonchev–Trinajstić information content (AvgIpc) is 2.62. The van der Waals surface area contributed by atoms with Crippen molar-refractivity contribution in [3.05, 3.63) is 29.8 Å². The predicted molar refractivity (Wildman–Crippen MR) is 60.7 cm³/mol. The molecule has 2 rings (SSSR count). The normalized spacial score (nSPS) is 9.88. The number of carbonyl (C=O) groups is 1. The van der Waals surface area contributed by atoms with Crippen LogP contribution in [0.2, 0.25) is 0 Å². The summed E-state index contributed by atoms with van der Waals surface area (Å²) in [6.07, 6.45) is 0. The molecule has 0 N–H and O–H groups in total. The van der Waals surface area contributed by atoms with E-state index in [1.54, 1.807) is 30.3 Å². The Morgan fingerprint density at radius 3 is 2.75 bits per heavy atom. The summed E-state index contributed by atoms with van der Waals surface area (Å²) in [6.45, 7) is 0.414. The molecule has 0 aliphatic rings. The third-order valence-electron chi connectivity index (χ3n) is 2.29. The van der Waals surface area contributed by atoms with Crippen LogP contribution in [0.15, 0.2) is 29.8 Å². The Morgan fingerprint density at radius 2 is 2.06 bits per heavy atom. The van der Waals surface area contributed by atoms with Crippen LogP contribution in [0.3, 0.4) is 0 Å². The van der Waals surface area contributed by atoms with E-state index in [1.807, 2.05) is 28.3 Å². The number of halogens is 1. The van der Waals surface area contributed by atoms with Gasteiger partial charge in [0.05, 0.1) is 0 Å². The van der Waals surface area contributed by atoms with E-state index in [9.17, 15) is 4.79 Å². The third kappa shape index (κ3) is 2.59. The standard InChI is InChI=1S/C11H13N2OS.BrH/c1-12(2)11(14)7-13-8-15-10-6-4-3-5-9(10)13;/h3-6,8H,7H2,1-2H3;1H/q+1;/p-1. The summed E-state index contributed by atoms with van der Waals surface area (Å²) in [5.74, 6) is 0.114. The Labute approximate surface area is 109 Å². The highest BCUT2D eigenvalue weighted by Crippen LogP contribution is 2.14. The number of hydrogen-bond acceptors (Lipinski definition) is 2. The van der Waals surface area contributed by atoms with Crippen LogP contribution in [0.1, 0.15) is 0 Å². The molecule has 1 amide bonds. The maximum Gasteiger partial charge on any atom is 0.288 e. The van der Waals surface area contributed by atoms with E-state index in [2.05, 4.69) is 6.07 Å². The van der Waals surface area contributed by atoms with Crippen molar-refractivity contribution in [1.82, 2.24) is 4.90 Å². The molecule has 0 aliphatic heterocycles. The zero-order valence-corrected chi connectivity index (χ0v) is 11.6. The summed E-state index contributed by atoms with van der Waals surface area (Å²) in [6, 6.07) is 8.11. The number of carbonyl (C=O) groups excluding carboxylic acids is 1. The smallest absolute Gasteiger partial charge is 0.288 e. The van der Waals surface area contributed by atoms with E-state index in [-0.39, 0.29) is 22.9 Å². The predicted octanol–water partition coefficient (Wildman–Crippen LogP) is -1.72. The fourth-order valence-corrected chi connectivity index (χ4v) is 2.27. The molecule has 0 saturated heterocycles. The Bertz CT molecular complexity index is 495. The minimum absolute atomic E-state index is 0. The van der Waals surface area contributed by atoms with Gasteiger partial charge in [0, 0.05) is 20.2 Å². The van der Waals surface area contributed by atoms with Gasteiger partial charge in [-0.2, -0.15) is 4.57 Å². The summed E-state index contributed by atoms with van der Waals surface area (Å²) < 4.78 is 3.20. The number of aromatic nitrogens is 1. The SMILES string of the molecule is CN(C)C(=O)C[n+]1csc2ccccc21.[Br-]. The Balaban J connectivity index is 0.00000128. The highest BCUT2D eigenvalue weighted by atomic mass is 79.9. The largest absolute Gasteiger partial charge is 1.00 e. The molecule has 0 aliphatic carbocycles. The van der Waals surface area contributed by atoms with E-state index < -0.39 is 0 Å². The molecular formula is C11H13BrN2OS. The van der Waals surface area contributed by atoms with Crippen LogP contribution in [0, 0.1) is 0 Å². The van der Waals surface area contributed by atoms with E-state index >= 15 is 0 Å². The van der Waals surface area contributed by atoms with Gasteiger partial charge < -0.3 is 21.9 Å². The van der Waals surface area contributed by atoms with Crippen LogP contribution in [0.4, 0.5) is 0 Å². The van der Waals surface area contributed by atoms with Gasteiger partial charge in [-0.3, -0.25) is 4.79 Å². The molecule has 5 heteroatoms. The molecule has 16 heavy (non-hydrogen) atoms. The monoisotopic (exact) mass is 300 g/mol. The van der Waals surface area contributed by atoms with Gasteiger partial charge in [0.15, 0.2) is 0 Å². The van der Waals surface area contributed by atoms with Crippen LogP contribution < -0.4 is 21.5 Å². The molecule has 0 bridgehead atoms. The first kappa shape index (κ1) is 13.1. The summed E-state index contributed by atoms with van der Waals surface area (Å²) >= 11 is 1.66. The zero-order valence-electron chi connectivity index (χ0n) is 9.18. The van der Waals surface area contributed by atoms with Crippen molar-refractivity contribution in [1.29, 1.82) is 0 Å². The van der Waals surface area contributed by atoms with Crippen molar-refractivity contribution < 1.29 is 26.3 Å². The second-order valence-corrected chi connectivity index (χ2v) is 4.49. The minimum Gasteiger partial charge on any atom is -1.00 e. The highest BCUT2D eigenvalue weighted by molar-refractivity contribution is 7.16. The lowest BCUT2D eigenvalue weighted by atomic mass is 10.3. The highest BCUT2D eigenvalue weighted by Gasteiger charge is 2.16. The van der Waals surface area contributed by atoms with Gasteiger partial charge in [-0.05, 0) is 6.07 Å². The lowest BCUT2D eigenvalue weighted by Crippen LogP contribution is -3.00. The number of amides is 1. The van der Waals surface area contributed by atoms with Gasteiger partial charge in [0.25, 0.3) is 5.91 Å². The summed E-state index contributed by atoms with van der Waals surface area (Å²) in [5.41, 5.74) is 3.12. The number of thiazole rings is 1. The number of rotatable bonds is 2. The van der Waals surface area contributed by atoms with E-state index in [0.29, 0.717) is 6.54 Å². The Hall–Kier alpha value is -0.940. The van der Waals surface area contributed by atoms with Gasteiger partial charge >= 0.3 is 0 Å². The molecule has 0 atom stereocenters. The Kier molecular flexibility index (Phi) is 4.44. The molecule has 3 nitrogen and oxygen atoms in total. The fraction of sp³-hybridized carbons (Fsp3) is 0.273. The molecule has 0 fully saturated rings. The summed E-state index contributed by atoms with van der Waals surface area (Å²) in [4.78, 5) is 13.2. The van der Waals surface area contributed by atoms with Crippen molar-refractivity contribution >= 4 is 27.5 Å². The first-order valence-corrected chi connectivity index (χ1v) is 5.62. The average molecular weight is 301 g/mol. The molecule has 1 aromatic carbocycles. The first-order valence-electron chi connectivity index (χ1n) is 4.74. The van der Waals surface area contributed by atoms with Crippen molar-refractivity contribution in [3.8, 4) is 0 Å². The van der Waals surface area contributed by atoms with Crippen molar-refractivity contribution in [3.63, 3.8) is 0 Å². The molecule has 1 aromatic heterocycles. The van der Waals surface area contributed by atoms with Crippen LogP contribution in [0.5, 0.6) is 0 Å². The summed E-state index contributed by atoms with van der Waals surface area (Å²) in [7, 11) is 3.55. The minimum atomic E-state index is 0. The number of hydrogen-bond donors (Lipinski definition) is 0. The number of para-hydroxylation sites is 1. The van der Waals surface area contributed by atoms with Crippen LogP contribution in [-0.4, -0.2) is 24.9 Å². The van der Waals surface area contributed by atoms with E-state index in [1.165, 1.54) is 4.70 Å². The lowest BCUT2D eigenvalue weighted by Gasteiger charge is -2.05. The van der Waals surface area contributed by atoms with Crippen molar-refractivity contribution in [2.45, 2.75) is 6.54 Å². The Morgan fingerprint density at radius 1 is 1.38 bits per heavy atom. The maximum atomic E-state index is 11.6. The molecule has 0 unspecified atom stereocenters. The second kappa shape index (κ2) is 5.41. The van der Waals surface area contributed by atoms with Crippen molar-refractivity contribution in [2.24, 2.45) is 0 Å².